The number of rotatable bonds is 2. The van der Waals surface area contributed by atoms with Crippen LogP contribution in [0.3, 0.4) is 0 Å². The van der Waals surface area contributed by atoms with Gasteiger partial charge in [-0.3, -0.25) is 4.79 Å². The van der Waals surface area contributed by atoms with Crippen LogP contribution in [-0.4, -0.2) is 48.1 Å². The second-order valence-electron chi connectivity index (χ2n) is 5.09. The molecule has 1 N–H and O–H groups in total. The Morgan fingerprint density at radius 2 is 2.37 bits per heavy atom. The van der Waals surface area contributed by atoms with E-state index >= 15 is 0 Å². The molecule has 104 valence electrons. The molecule has 0 spiro atoms. The standard InChI is InChI=1S/C12H18N4O3/c1-12(2)7-13-4-5-15(12)11(17)9-6-10(19-3)16(18)8-14-9/h6,8,13H,4-5,7H2,1-3H3. The van der Waals surface area contributed by atoms with Gasteiger partial charge in [0.15, 0.2) is 0 Å². The average molecular weight is 266 g/mol. The number of ether oxygens (including phenoxy) is 1. The quantitative estimate of drug-likeness (QED) is 0.579. The van der Waals surface area contributed by atoms with Crippen LogP contribution in [0.25, 0.3) is 0 Å². The fraction of sp³-hybridized carbons (Fsp3) is 0.583. The Kier molecular flexibility index (Phi) is 3.57. The topological polar surface area (TPSA) is 81.4 Å². The Morgan fingerprint density at radius 1 is 1.63 bits per heavy atom. The molecule has 0 aliphatic carbocycles. The van der Waals surface area contributed by atoms with Gasteiger partial charge in [-0.2, -0.15) is 0 Å². The predicted octanol–water partition coefficient (Wildman–Crippen LogP) is -0.452. The Hall–Kier alpha value is -1.89. The van der Waals surface area contributed by atoms with E-state index < -0.39 is 0 Å². The van der Waals surface area contributed by atoms with E-state index in [1.54, 1.807) is 4.90 Å². The summed E-state index contributed by atoms with van der Waals surface area (Å²) >= 11 is 0. The number of hydrogen-bond acceptors (Lipinski definition) is 5. The molecule has 19 heavy (non-hydrogen) atoms. The zero-order chi connectivity index (χ0) is 14.0. The fourth-order valence-corrected chi connectivity index (χ4v) is 2.15. The summed E-state index contributed by atoms with van der Waals surface area (Å²) in [6, 6.07) is 1.37. The minimum Gasteiger partial charge on any atom is -0.708 e. The van der Waals surface area contributed by atoms with Gasteiger partial charge >= 0.3 is 0 Å². The minimum atomic E-state index is -0.284. The van der Waals surface area contributed by atoms with Crippen LogP contribution in [-0.2, 0) is 0 Å². The van der Waals surface area contributed by atoms with Crippen molar-refractivity contribution in [3.05, 3.63) is 23.3 Å². The first-order chi connectivity index (χ1) is 8.95. The molecule has 7 heteroatoms. The summed E-state index contributed by atoms with van der Waals surface area (Å²) in [7, 11) is 1.38. The van der Waals surface area contributed by atoms with Crippen molar-refractivity contribution in [2.75, 3.05) is 26.7 Å². The van der Waals surface area contributed by atoms with Crippen LogP contribution in [0.4, 0.5) is 0 Å². The Labute approximate surface area is 111 Å². The van der Waals surface area contributed by atoms with Gasteiger partial charge in [0.2, 0.25) is 5.69 Å². The Bertz CT molecular complexity index is 490. The van der Waals surface area contributed by atoms with Gasteiger partial charge in [-0.05, 0) is 18.8 Å². The number of carbonyl (C=O) groups excluding carboxylic acids is 1. The number of methoxy groups -OCH3 is 1. The smallest absolute Gasteiger partial charge is 0.299 e. The highest BCUT2D eigenvalue weighted by molar-refractivity contribution is 5.93. The molecule has 1 aromatic rings. The highest BCUT2D eigenvalue weighted by Gasteiger charge is 2.36. The van der Waals surface area contributed by atoms with Gasteiger partial charge in [-0.15, -0.1) is 0 Å². The van der Waals surface area contributed by atoms with Crippen molar-refractivity contribution in [3.63, 3.8) is 0 Å². The van der Waals surface area contributed by atoms with Gasteiger partial charge < -0.3 is 20.2 Å². The van der Waals surface area contributed by atoms with E-state index in [2.05, 4.69) is 10.3 Å². The predicted molar refractivity (Wildman–Crippen MR) is 67.7 cm³/mol. The molecule has 0 atom stereocenters. The lowest BCUT2D eigenvalue weighted by atomic mass is 9.99. The van der Waals surface area contributed by atoms with Crippen LogP contribution >= 0.6 is 0 Å². The molecule has 0 aromatic carbocycles. The molecule has 2 heterocycles. The summed E-state index contributed by atoms with van der Waals surface area (Å²) in [5, 5.41) is 14.6. The van der Waals surface area contributed by atoms with E-state index in [1.165, 1.54) is 13.2 Å². The van der Waals surface area contributed by atoms with Crippen molar-refractivity contribution in [1.82, 2.24) is 15.2 Å². The first kappa shape index (κ1) is 13.5. The number of nitrogens with one attached hydrogen (secondary N) is 1. The molecule has 1 aliphatic rings. The van der Waals surface area contributed by atoms with Gasteiger partial charge in [-0.25, -0.2) is 4.73 Å². The molecule has 0 bridgehead atoms. The van der Waals surface area contributed by atoms with Crippen molar-refractivity contribution in [2.24, 2.45) is 0 Å². The third-order valence-electron chi connectivity index (χ3n) is 3.25. The van der Waals surface area contributed by atoms with E-state index in [-0.39, 0.29) is 23.0 Å². The molecule has 0 unspecified atom stereocenters. The molecular weight excluding hydrogens is 248 g/mol. The maximum Gasteiger partial charge on any atom is 0.299 e. The first-order valence-corrected chi connectivity index (χ1v) is 6.11. The zero-order valence-corrected chi connectivity index (χ0v) is 11.3. The Balaban J connectivity index is 2.28. The van der Waals surface area contributed by atoms with Gasteiger partial charge in [0.05, 0.1) is 18.7 Å². The summed E-state index contributed by atoms with van der Waals surface area (Å²) in [5.41, 5.74) is -0.0630. The van der Waals surface area contributed by atoms with Crippen molar-refractivity contribution >= 4 is 5.91 Å². The van der Waals surface area contributed by atoms with E-state index in [4.69, 9.17) is 4.74 Å². The summed E-state index contributed by atoms with van der Waals surface area (Å²) < 4.78 is 5.39. The lowest BCUT2D eigenvalue weighted by Gasteiger charge is -2.42. The van der Waals surface area contributed by atoms with E-state index in [0.29, 0.717) is 11.3 Å². The maximum atomic E-state index is 12.5. The summed E-state index contributed by atoms with van der Waals surface area (Å²) in [5.74, 6) is -0.128. The number of aromatic nitrogens is 2. The number of carbonyl (C=O) groups is 1. The van der Waals surface area contributed by atoms with E-state index in [1.807, 2.05) is 13.8 Å². The van der Waals surface area contributed by atoms with E-state index in [9.17, 15) is 10.0 Å². The van der Waals surface area contributed by atoms with Crippen molar-refractivity contribution in [3.8, 4) is 5.88 Å². The van der Waals surface area contributed by atoms with Crippen molar-refractivity contribution in [2.45, 2.75) is 19.4 Å². The molecule has 1 saturated heterocycles. The summed E-state index contributed by atoms with van der Waals surface area (Å²) in [4.78, 5) is 18.1. The van der Waals surface area contributed by atoms with E-state index in [0.717, 1.165) is 19.4 Å². The van der Waals surface area contributed by atoms with Crippen LogP contribution in [0.2, 0.25) is 0 Å². The maximum absolute atomic E-state index is 12.5. The fourth-order valence-electron chi connectivity index (χ4n) is 2.15. The number of hydrogen-bond donors (Lipinski definition) is 1. The molecular formula is C12H18N4O3. The Morgan fingerprint density at radius 3 is 3.00 bits per heavy atom. The molecule has 0 radical (unpaired) electrons. The number of piperazine rings is 1. The monoisotopic (exact) mass is 266 g/mol. The van der Waals surface area contributed by atoms with Crippen molar-refractivity contribution < 1.29 is 14.3 Å². The van der Waals surface area contributed by atoms with Crippen LogP contribution in [0.15, 0.2) is 12.4 Å². The van der Waals surface area contributed by atoms with Crippen LogP contribution in [0, 0.1) is 5.21 Å². The zero-order valence-electron chi connectivity index (χ0n) is 11.3. The summed E-state index contributed by atoms with van der Waals surface area (Å²) in [6.07, 6.45) is 1.04. The number of amides is 1. The van der Waals surface area contributed by atoms with Crippen LogP contribution in [0.1, 0.15) is 24.3 Å². The highest BCUT2D eigenvalue weighted by Crippen LogP contribution is 2.19. The molecule has 1 aliphatic heterocycles. The molecule has 2 rings (SSSR count). The summed E-state index contributed by atoms with van der Waals surface area (Å²) in [6.45, 7) is 6.07. The minimum absolute atomic E-state index is 0.0614. The molecule has 1 amide bonds. The number of nitrogens with zero attached hydrogens (tertiary/aromatic N) is 3. The van der Waals surface area contributed by atoms with Gasteiger partial charge in [0.1, 0.15) is 0 Å². The van der Waals surface area contributed by atoms with Gasteiger partial charge in [0, 0.05) is 19.6 Å². The average Bonchev–Trinajstić information content (AvgIpc) is 2.38. The largest absolute Gasteiger partial charge is 0.708 e. The molecule has 7 nitrogen and oxygen atoms in total. The highest BCUT2D eigenvalue weighted by atomic mass is 16.5. The third-order valence-corrected chi connectivity index (χ3v) is 3.25. The SMILES string of the molecule is COc1cc(C(=O)N2CCNCC2(C)C)nc[n+]1[O-]. The molecule has 0 saturated carbocycles. The lowest BCUT2D eigenvalue weighted by molar-refractivity contribution is -0.615. The second kappa shape index (κ2) is 5.00. The van der Waals surface area contributed by atoms with Gasteiger partial charge in [-0.1, -0.05) is 0 Å². The van der Waals surface area contributed by atoms with Gasteiger partial charge in [0.25, 0.3) is 18.1 Å². The third kappa shape index (κ3) is 2.60. The van der Waals surface area contributed by atoms with Crippen LogP contribution in [0.5, 0.6) is 5.88 Å². The van der Waals surface area contributed by atoms with Crippen LogP contribution < -0.4 is 14.8 Å². The second-order valence-corrected chi connectivity index (χ2v) is 5.09. The molecule has 1 aromatic heterocycles. The molecule has 1 fully saturated rings. The lowest BCUT2D eigenvalue weighted by Crippen LogP contribution is -2.60. The normalized spacial score (nSPS) is 18.2. The first-order valence-electron chi connectivity index (χ1n) is 6.11. The van der Waals surface area contributed by atoms with Crippen molar-refractivity contribution in [1.29, 1.82) is 0 Å².